The molecule has 2 aromatic rings. The van der Waals surface area contributed by atoms with Crippen molar-refractivity contribution in [3.8, 4) is 5.75 Å². The molecule has 0 radical (unpaired) electrons. The first kappa shape index (κ1) is 7.09. The van der Waals surface area contributed by atoms with Gasteiger partial charge in [0, 0.05) is 0 Å². The normalized spacial score (nSPS) is 10.4. The lowest BCUT2D eigenvalue weighted by Crippen LogP contribution is -1.91. The molecule has 0 amide bonds. The Balaban J connectivity index is 2.57. The quantitative estimate of drug-likeness (QED) is 0.727. The smallest absolute Gasteiger partial charge is 0.154 e. The van der Waals surface area contributed by atoms with Crippen LogP contribution in [0.4, 0.5) is 0 Å². The van der Waals surface area contributed by atoms with Crippen LogP contribution in [0.5, 0.6) is 5.75 Å². The Kier molecular flexibility index (Phi) is 1.66. The second-order valence-electron chi connectivity index (χ2n) is 2.40. The summed E-state index contributed by atoms with van der Waals surface area (Å²) < 4.78 is 5.35. The van der Waals surface area contributed by atoms with E-state index in [-0.39, 0.29) is 0 Å². The molecule has 0 bridgehead atoms. The highest BCUT2D eigenvalue weighted by atomic mass is 16.5. The average Bonchev–Trinajstić information content (AvgIpc) is 2.53. The predicted molar refractivity (Wildman–Crippen MR) is 45.1 cm³/mol. The fraction of sp³-hybridized carbons (Fsp3) is 0.250. The maximum Gasteiger partial charge on any atom is 0.154 e. The van der Waals surface area contributed by atoms with Crippen LogP contribution in [0, 0.1) is 0 Å². The third kappa shape index (κ3) is 1.01. The first-order valence-electron chi connectivity index (χ1n) is 3.84. The molecule has 1 heterocycles. The molecule has 0 atom stereocenters. The molecule has 2 rings (SSSR count). The zero-order chi connectivity index (χ0) is 8.39. The number of rotatable bonds is 2. The third-order valence-corrected chi connectivity index (χ3v) is 1.62. The average molecular weight is 163 g/mol. The van der Waals surface area contributed by atoms with Crippen molar-refractivity contribution in [2.75, 3.05) is 6.61 Å². The van der Waals surface area contributed by atoms with Crippen molar-refractivity contribution in [3.63, 3.8) is 0 Å². The van der Waals surface area contributed by atoms with E-state index in [2.05, 4.69) is 15.4 Å². The molecule has 1 N–H and O–H groups in total. The molecule has 62 valence electrons. The number of benzene rings is 1. The molecule has 0 spiro atoms. The number of nitrogens with zero attached hydrogens (tertiary/aromatic N) is 2. The van der Waals surface area contributed by atoms with Gasteiger partial charge in [-0.1, -0.05) is 11.3 Å². The van der Waals surface area contributed by atoms with Crippen molar-refractivity contribution >= 4 is 11.0 Å². The van der Waals surface area contributed by atoms with Gasteiger partial charge in [0.05, 0.1) is 12.1 Å². The van der Waals surface area contributed by atoms with Crippen molar-refractivity contribution in [1.82, 2.24) is 15.4 Å². The molecule has 0 saturated carbocycles. The van der Waals surface area contributed by atoms with Crippen molar-refractivity contribution in [3.05, 3.63) is 18.2 Å². The van der Waals surface area contributed by atoms with Crippen LogP contribution in [0.3, 0.4) is 0 Å². The number of aromatic nitrogens is 3. The van der Waals surface area contributed by atoms with E-state index < -0.39 is 0 Å². The van der Waals surface area contributed by atoms with E-state index in [1.165, 1.54) is 0 Å². The van der Waals surface area contributed by atoms with Gasteiger partial charge in [-0.3, -0.25) is 5.10 Å². The summed E-state index contributed by atoms with van der Waals surface area (Å²) in [6.45, 7) is 2.59. The number of ether oxygens (including phenoxy) is 1. The standard InChI is InChI=1S/C8H9N3O/c1-2-12-7-5-3-4-6-8(7)10-11-9-6/h3-5H,2H2,1H3,(H,9,10,11). The molecule has 1 aromatic carbocycles. The Hall–Kier alpha value is -1.58. The summed E-state index contributed by atoms with van der Waals surface area (Å²) in [5.74, 6) is 0.781. The fourth-order valence-corrected chi connectivity index (χ4v) is 1.12. The molecule has 4 heteroatoms. The van der Waals surface area contributed by atoms with Gasteiger partial charge < -0.3 is 4.74 Å². The van der Waals surface area contributed by atoms with Crippen molar-refractivity contribution in [2.45, 2.75) is 6.92 Å². The highest BCUT2D eigenvalue weighted by molar-refractivity contribution is 5.80. The maximum absolute atomic E-state index is 5.35. The van der Waals surface area contributed by atoms with E-state index in [4.69, 9.17) is 4.74 Å². The van der Waals surface area contributed by atoms with Crippen LogP contribution in [-0.4, -0.2) is 22.0 Å². The topological polar surface area (TPSA) is 50.8 Å². The zero-order valence-corrected chi connectivity index (χ0v) is 6.74. The Morgan fingerprint density at radius 3 is 3.25 bits per heavy atom. The summed E-state index contributed by atoms with van der Waals surface area (Å²) in [5.41, 5.74) is 1.69. The molecule has 0 saturated heterocycles. The van der Waals surface area contributed by atoms with E-state index in [0.717, 1.165) is 16.8 Å². The van der Waals surface area contributed by atoms with E-state index >= 15 is 0 Å². The van der Waals surface area contributed by atoms with Gasteiger partial charge in [-0.25, -0.2) is 0 Å². The van der Waals surface area contributed by atoms with E-state index in [1.54, 1.807) is 0 Å². The summed E-state index contributed by atoms with van der Waals surface area (Å²) >= 11 is 0. The molecule has 0 unspecified atom stereocenters. The van der Waals surface area contributed by atoms with Crippen LogP contribution in [0.15, 0.2) is 18.2 Å². The maximum atomic E-state index is 5.35. The summed E-state index contributed by atoms with van der Waals surface area (Å²) in [6.07, 6.45) is 0. The Bertz CT molecular complexity index is 382. The van der Waals surface area contributed by atoms with Gasteiger partial charge in [0.15, 0.2) is 5.52 Å². The lowest BCUT2D eigenvalue weighted by molar-refractivity contribution is 0.343. The largest absolute Gasteiger partial charge is 0.491 e. The second-order valence-corrected chi connectivity index (χ2v) is 2.40. The van der Waals surface area contributed by atoms with Gasteiger partial charge in [0.25, 0.3) is 0 Å². The van der Waals surface area contributed by atoms with E-state index in [9.17, 15) is 0 Å². The zero-order valence-electron chi connectivity index (χ0n) is 6.74. The highest BCUT2D eigenvalue weighted by Crippen LogP contribution is 2.20. The van der Waals surface area contributed by atoms with Crippen molar-refractivity contribution in [1.29, 1.82) is 0 Å². The molecule has 0 aliphatic heterocycles. The van der Waals surface area contributed by atoms with Crippen LogP contribution in [0.25, 0.3) is 11.0 Å². The van der Waals surface area contributed by atoms with Gasteiger partial charge in [-0.15, -0.1) is 5.10 Å². The molecule has 0 aliphatic carbocycles. The van der Waals surface area contributed by atoms with Crippen LogP contribution in [0.1, 0.15) is 6.92 Å². The van der Waals surface area contributed by atoms with Gasteiger partial charge in [0.1, 0.15) is 5.75 Å². The monoisotopic (exact) mass is 163 g/mol. The first-order chi connectivity index (χ1) is 5.92. The molecule has 12 heavy (non-hydrogen) atoms. The van der Waals surface area contributed by atoms with Crippen molar-refractivity contribution in [2.24, 2.45) is 0 Å². The Morgan fingerprint density at radius 1 is 1.50 bits per heavy atom. The predicted octanol–water partition coefficient (Wildman–Crippen LogP) is 1.36. The second kappa shape index (κ2) is 2.81. The van der Waals surface area contributed by atoms with Gasteiger partial charge in [-0.2, -0.15) is 0 Å². The van der Waals surface area contributed by atoms with Gasteiger partial charge >= 0.3 is 0 Å². The number of hydrogen-bond acceptors (Lipinski definition) is 3. The summed E-state index contributed by atoms with van der Waals surface area (Å²) in [7, 11) is 0. The molecule has 4 nitrogen and oxygen atoms in total. The Morgan fingerprint density at radius 2 is 2.42 bits per heavy atom. The lowest BCUT2D eigenvalue weighted by atomic mass is 10.3. The van der Waals surface area contributed by atoms with Crippen LogP contribution < -0.4 is 4.74 Å². The van der Waals surface area contributed by atoms with Gasteiger partial charge in [0.2, 0.25) is 0 Å². The number of H-pyrrole nitrogens is 1. The van der Waals surface area contributed by atoms with Crippen LogP contribution in [-0.2, 0) is 0 Å². The third-order valence-electron chi connectivity index (χ3n) is 1.62. The van der Waals surface area contributed by atoms with Gasteiger partial charge in [-0.05, 0) is 19.1 Å². The minimum Gasteiger partial charge on any atom is -0.491 e. The molecule has 0 aliphatic rings. The number of aromatic amines is 1. The number of fused-ring (bicyclic) bond motifs is 1. The molecule has 0 fully saturated rings. The lowest BCUT2D eigenvalue weighted by Gasteiger charge is -2.00. The highest BCUT2D eigenvalue weighted by Gasteiger charge is 2.02. The van der Waals surface area contributed by atoms with Crippen molar-refractivity contribution < 1.29 is 4.74 Å². The molecular formula is C8H9N3O. The Labute approximate surface area is 69.5 Å². The summed E-state index contributed by atoms with van der Waals surface area (Å²) in [5, 5.41) is 10.4. The van der Waals surface area contributed by atoms with Crippen LogP contribution in [0.2, 0.25) is 0 Å². The summed E-state index contributed by atoms with van der Waals surface area (Å²) in [6, 6.07) is 5.71. The molecular weight excluding hydrogens is 154 g/mol. The number of nitrogens with one attached hydrogen (secondary N) is 1. The van der Waals surface area contributed by atoms with E-state index in [1.807, 2.05) is 25.1 Å². The minimum atomic E-state index is 0.645. The first-order valence-corrected chi connectivity index (χ1v) is 3.84. The SMILES string of the molecule is CCOc1cccc2[nH]nnc12. The minimum absolute atomic E-state index is 0.645. The molecule has 1 aromatic heterocycles. The summed E-state index contributed by atoms with van der Waals surface area (Å²) in [4.78, 5) is 0. The van der Waals surface area contributed by atoms with E-state index in [0.29, 0.717) is 6.61 Å². The number of hydrogen-bond donors (Lipinski definition) is 1. The van der Waals surface area contributed by atoms with Crippen LogP contribution >= 0.6 is 0 Å². The fourth-order valence-electron chi connectivity index (χ4n) is 1.12.